The van der Waals surface area contributed by atoms with E-state index in [-0.39, 0.29) is 23.4 Å². The number of hydrogen-bond acceptors (Lipinski definition) is 3. The van der Waals surface area contributed by atoms with E-state index in [4.69, 9.17) is 10.5 Å². The van der Waals surface area contributed by atoms with E-state index >= 15 is 0 Å². The zero-order chi connectivity index (χ0) is 11.4. The van der Waals surface area contributed by atoms with Gasteiger partial charge in [0.05, 0.1) is 19.2 Å². The minimum absolute atomic E-state index is 0.0207. The van der Waals surface area contributed by atoms with Gasteiger partial charge in [0.25, 0.3) is 0 Å². The molecule has 0 aromatic heterocycles. The van der Waals surface area contributed by atoms with Crippen molar-refractivity contribution in [3.8, 4) is 5.75 Å². The summed E-state index contributed by atoms with van der Waals surface area (Å²) in [4.78, 5) is 11.3. The topological polar surface area (TPSA) is 52.3 Å². The van der Waals surface area contributed by atoms with Crippen molar-refractivity contribution >= 4 is 5.78 Å². The molecule has 2 N–H and O–H groups in total. The predicted molar refractivity (Wildman–Crippen MR) is 51.1 cm³/mol. The average molecular weight is 215 g/mol. The first kappa shape index (κ1) is 11.6. The maximum absolute atomic E-state index is 13.3. The number of ketones is 1. The van der Waals surface area contributed by atoms with E-state index in [1.807, 2.05) is 0 Å². The Hall–Kier alpha value is -1.49. The highest BCUT2D eigenvalue weighted by molar-refractivity contribution is 6.00. The van der Waals surface area contributed by atoms with Gasteiger partial charge in [-0.05, 0) is 17.7 Å². The Bertz CT molecular complexity index is 380. The molecular weight excluding hydrogens is 204 g/mol. The SMILES string of the molecule is COc1c(F)cc(CF)cc1C(=O)CN. The molecule has 0 aliphatic heterocycles. The van der Waals surface area contributed by atoms with Crippen molar-refractivity contribution in [2.45, 2.75) is 6.67 Å². The van der Waals surface area contributed by atoms with Gasteiger partial charge in [-0.3, -0.25) is 4.79 Å². The molecular formula is C10H11F2NO2. The molecule has 0 unspecified atom stereocenters. The third-order valence-electron chi connectivity index (χ3n) is 1.95. The summed E-state index contributed by atoms with van der Waals surface area (Å²) in [6, 6.07) is 2.24. The molecule has 0 saturated heterocycles. The molecule has 0 radical (unpaired) electrons. The number of hydrogen-bond donors (Lipinski definition) is 1. The molecule has 0 aliphatic rings. The van der Waals surface area contributed by atoms with Crippen LogP contribution in [0.4, 0.5) is 8.78 Å². The summed E-state index contributed by atoms with van der Waals surface area (Å²) >= 11 is 0. The fraction of sp³-hybridized carbons (Fsp3) is 0.300. The second-order valence-electron chi connectivity index (χ2n) is 2.92. The Balaban J connectivity index is 3.32. The quantitative estimate of drug-likeness (QED) is 0.773. The Labute approximate surface area is 85.8 Å². The third-order valence-corrected chi connectivity index (χ3v) is 1.95. The number of rotatable bonds is 4. The van der Waals surface area contributed by atoms with E-state index in [9.17, 15) is 13.6 Å². The van der Waals surface area contributed by atoms with Gasteiger partial charge in [0.1, 0.15) is 6.67 Å². The number of nitrogens with two attached hydrogens (primary N) is 1. The van der Waals surface area contributed by atoms with Crippen LogP contribution < -0.4 is 10.5 Å². The molecule has 0 atom stereocenters. The molecule has 1 aromatic carbocycles. The van der Waals surface area contributed by atoms with E-state index in [0.29, 0.717) is 0 Å². The van der Waals surface area contributed by atoms with Gasteiger partial charge >= 0.3 is 0 Å². The molecule has 82 valence electrons. The number of halogens is 2. The molecule has 0 spiro atoms. The zero-order valence-corrected chi connectivity index (χ0v) is 8.22. The first-order chi connectivity index (χ1) is 7.13. The van der Waals surface area contributed by atoms with Gasteiger partial charge in [0.15, 0.2) is 17.3 Å². The number of alkyl halides is 1. The Morgan fingerprint density at radius 1 is 1.53 bits per heavy atom. The molecule has 0 amide bonds. The Kier molecular flexibility index (Phi) is 3.74. The van der Waals surface area contributed by atoms with Crippen LogP contribution in [0.25, 0.3) is 0 Å². The Morgan fingerprint density at radius 2 is 2.20 bits per heavy atom. The first-order valence-electron chi connectivity index (χ1n) is 4.29. The molecule has 3 nitrogen and oxygen atoms in total. The number of carbonyl (C=O) groups excluding carboxylic acids is 1. The number of Topliss-reactive ketones (excluding diaryl/α,β-unsaturated/α-hetero) is 1. The molecule has 0 aliphatic carbocycles. The van der Waals surface area contributed by atoms with Crippen LogP contribution in [0.3, 0.4) is 0 Å². The van der Waals surface area contributed by atoms with Crippen LogP contribution in [0, 0.1) is 5.82 Å². The summed E-state index contributed by atoms with van der Waals surface area (Å²) in [6.07, 6.45) is 0. The lowest BCUT2D eigenvalue weighted by Crippen LogP contribution is -2.15. The minimum atomic E-state index is -0.842. The summed E-state index contributed by atoms with van der Waals surface area (Å²) < 4.78 is 30.4. The lowest BCUT2D eigenvalue weighted by Gasteiger charge is -2.09. The average Bonchev–Trinajstić information content (AvgIpc) is 2.26. The molecule has 15 heavy (non-hydrogen) atoms. The summed E-state index contributed by atoms with van der Waals surface area (Å²) in [7, 11) is 1.24. The minimum Gasteiger partial charge on any atom is -0.493 e. The number of methoxy groups -OCH3 is 1. The van der Waals surface area contributed by atoms with Crippen molar-refractivity contribution in [1.82, 2.24) is 0 Å². The van der Waals surface area contributed by atoms with Crippen LogP contribution in [0.2, 0.25) is 0 Å². The van der Waals surface area contributed by atoms with Crippen LogP contribution in [0.1, 0.15) is 15.9 Å². The van der Waals surface area contributed by atoms with Crippen molar-refractivity contribution in [2.24, 2.45) is 5.73 Å². The summed E-state index contributed by atoms with van der Waals surface area (Å²) in [6.45, 7) is -1.11. The van der Waals surface area contributed by atoms with Crippen LogP contribution in [-0.4, -0.2) is 19.4 Å². The van der Waals surface area contributed by atoms with Gasteiger partial charge in [-0.25, -0.2) is 8.78 Å². The molecule has 1 rings (SSSR count). The highest BCUT2D eigenvalue weighted by Gasteiger charge is 2.16. The van der Waals surface area contributed by atoms with Crippen LogP contribution in [0.15, 0.2) is 12.1 Å². The summed E-state index contributed by atoms with van der Waals surface area (Å²) in [5.41, 5.74) is 5.22. The lowest BCUT2D eigenvalue weighted by atomic mass is 10.1. The van der Waals surface area contributed by atoms with E-state index in [1.165, 1.54) is 13.2 Å². The first-order valence-corrected chi connectivity index (χ1v) is 4.29. The molecule has 0 heterocycles. The van der Waals surface area contributed by atoms with Gasteiger partial charge in [-0.15, -0.1) is 0 Å². The molecule has 0 bridgehead atoms. The summed E-state index contributed by atoms with van der Waals surface area (Å²) in [5, 5.41) is 0. The normalized spacial score (nSPS) is 10.1. The van der Waals surface area contributed by atoms with E-state index in [0.717, 1.165) is 6.07 Å². The highest BCUT2D eigenvalue weighted by atomic mass is 19.1. The van der Waals surface area contributed by atoms with Crippen molar-refractivity contribution in [2.75, 3.05) is 13.7 Å². The van der Waals surface area contributed by atoms with Crippen LogP contribution in [0.5, 0.6) is 5.75 Å². The van der Waals surface area contributed by atoms with Crippen LogP contribution in [-0.2, 0) is 6.67 Å². The van der Waals surface area contributed by atoms with Crippen molar-refractivity contribution in [1.29, 1.82) is 0 Å². The van der Waals surface area contributed by atoms with Crippen LogP contribution >= 0.6 is 0 Å². The Morgan fingerprint density at radius 3 is 2.67 bits per heavy atom. The van der Waals surface area contributed by atoms with Gasteiger partial charge in [0, 0.05) is 0 Å². The van der Waals surface area contributed by atoms with Gasteiger partial charge in [-0.2, -0.15) is 0 Å². The number of benzene rings is 1. The fourth-order valence-corrected chi connectivity index (χ4v) is 1.25. The fourth-order valence-electron chi connectivity index (χ4n) is 1.25. The lowest BCUT2D eigenvalue weighted by molar-refractivity contribution is 0.0997. The molecule has 0 fully saturated rings. The monoisotopic (exact) mass is 215 g/mol. The number of ether oxygens (including phenoxy) is 1. The smallest absolute Gasteiger partial charge is 0.180 e. The van der Waals surface area contributed by atoms with Crippen molar-refractivity contribution < 1.29 is 18.3 Å². The second-order valence-corrected chi connectivity index (χ2v) is 2.92. The van der Waals surface area contributed by atoms with Crippen molar-refractivity contribution in [3.63, 3.8) is 0 Å². The zero-order valence-electron chi connectivity index (χ0n) is 8.22. The van der Waals surface area contributed by atoms with Gasteiger partial charge < -0.3 is 10.5 Å². The van der Waals surface area contributed by atoms with Crippen molar-refractivity contribution in [3.05, 3.63) is 29.1 Å². The maximum atomic E-state index is 13.3. The second kappa shape index (κ2) is 4.84. The van der Waals surface area contributed by atoms with E-state index < -0.39 is 18.3 Å². The summed E-state index contributed by atoms with van der Waals surface area (Å²) in [5.74, 6) is -1.44. The van der Waals surface area contributed by atoms with Gasteiger partial charge in [0.2, 0.25) is 0 Å². The molecule has 0 saturated carbocycles. The van der Waals surface area contributed by atoms with E-state index in [2.05, 4.69) is 0 Å². The van der Waals surface area contributed by atoms with E-state index in [1.54, 1.807) is 0 Å². The maximum Gasteiger partial charge on any atom is 0.180 e. The van der Waals surface area contributed by atoms with Gasteiger partial charge in [-0.1, -0.05) is 0 Å². The highest BCUT2D eigenvalue weighted by Crippen LogP contribution is 2.25. The predicted octanol–water partition coefficient (Wildman–Crippen LogP) is 1.45. The third kappa shape index (κ3) is 2.30. The largest absolute Gasteiger partial charge is 0.493 e. The molecule has 5 heteroatoms. The number of carbonyl (C=O) groups is 1. The molecule has 1 aromatic rings. The standard InChI is InChI=1S/C10H11F2NO2/c1-15-10-7(9(14)5-13)2-6(4-11)3-8(10)12/h2-3H,4-5,13H2,1H3.